The molecule has 2 aromatic heterocycles. The Labute approximate surface area is 175 Å². The molecule has 30 heavy (non-hydrogen) atoms. The number of esters is 1. The third-order valence-electron chi connectivity index (χ3n) is 4.43. The maximum absolute atomic E-state index is 12.4. The van der Waals surface area contributed by atoms with Crippen molar-refractivity contribution in [2.24, 2.45) is 0 Å². The molecule has 0 bridgehead atoms. The average Bonchev–Trinajstić information content (AvgIpc) is 3.29. The number of rotatable bonds is 6. The van der Waals surface area contributed by atoms with Crippen molar-refractivity contribution in [2.45, 2.75) is 6.42 Å². The van der Waals surface area contributed by atoms with Gasteiger partial charge in [-0.25, -0.2) is 9.59 Å². The Hall–Kier alpha value is -3.71. The summed E-state index contributed by atoms with van der Waals surface area (Å²) in [7, 11) is 0. The van der Waals surface area contributed by atoms with Gasteiger partial charge in [0.1, 0.15) is 21.8 Å². The van der Waals surface area contributed by atoms with Crippen LogP contribution in [0.2, 0.25) is 0 Å². The average molecular weight is 419 g/mol. The molecule has 1 amide bonds. The minimum Gasteiger partial charge on any atom is -0.422 e. The molecule has 0 aliphatic heterocycles. The number of carbonyl (C=O) groups is 2. The monoisotopic (exact) mass is 419 g/mol. The van der Waals surface area contributed by atoms with Gasteiger partial charge in [-0.3, -0.25) is 4.79 Å². The van der Waals surface area contributed by atoms with E-state index in [1.54, 1.807) is 29.6 Å². The van der Waals surface area contributed by atoms with Crippen molar-refractivity contribution in [1.29, 1.82) is 0 Å². The first-order valence-electron chi connectivity index (χ1n) is 9.26. The first kappa shape index (κ1) is 19.6. The maximum Gasteiger partial charge on any atom is 0.353 e. The second-order valence-electron chi connectivity index (χ2n) is 6.51. The van der Waals surface area contributed by atoms with E-state index < -0.39 is 17.5 Å². The van der Waals surface area contributed by atoms with Crippen LogP contribution in [0.1, 0.15) is 25.6 Å². The van der Waals surface area contributed by atoms with Gasteiger partial charge in [0.25, 0.3) is 5.91 Å². The van der Waals surface area contributed by atoms with E-state index in [4.69, 9.17) is 9.15 Å². The van der Waals surface area contributed by atoms with Gasteiger partial charge < -0.3 is 14.5 Å². The summed E-state index contributed by atoms with van der Waals surface area (Å²) >= 11 is 1.27. The zero-order chi connectivity index (χ0) is 20.9. The van der Waals surface area contributed by atoms with Crippen LogP contribution in [-0.2, 0) is 6.42 Å². The fourth-order valence-electron chi connectivity index (χ4n) is 2.93. The number of thiophene rings is 1. The van der Waals surface area contributed by atoms with Crippen LogP contribution in [0, 0.1) is 0 Å². The van der Waals surface area contributed by atoms with Crippen molar-refractivity contribution in [1.82, 2.24) is 5.32 Å². The second-order valence-corrected chi connectivity index (χ2v) is 7.45. The summed E-state index contributed by atoms with van der Waals surface area (Å²) in [5.41, 5.74) is 0.505. The predicted octanol–water partition coefficient (Wildman–Crippen LogP) is 4.05. The van der Waals surface area contributed by atoms with E-state index in [9.17, 15) is 14.4 Å². The number of ether oxygens (including phenoxy) is 1. The molecule has 0 unspecified atom stereocenters. The van der Waals surface area contributed by atoms with Gasteiger partial charge in [-0.2, -0.15) is 0 Å². The molecule has 1 N–H and O–H groups in total. The summed E-state index contributed by atoms with van der Waals surface area (Å²) in [6, 6.07) is 19.3. The van der Waals surface area contributed by atoms with Crippen LogP contribution in [0.25, 0.3) is 11.0 Å². The largest absolute Gasteiger partial charge is 0.422 e. The molecular formula is C23H17NO5S. The summed E-state index contributed by atoms with van der Waals surface area (Å²) in [6.45, 7) is 0.401. The first-order valence-corrected chi connectivity index (χ1v) is 10.1. The van der Waals surface area contributed by atoms with Gasteiger partial charge in [0.05, 0.1) is 0 Å². The van der Waals surface area contributed by atoms with Crippen molar-refractivity contribution in [3.8, 4) is 5.75 Å². The topological polar surface area (TPSA) is 85.6 Å². The van der Waals surface area contributed by atoms with E-state index >= 15 is 0 Å². The molecule has 0 saturated heterocycles. The SMILES string of the molecule is O=C(Oc1ccc2cc(C(=O)NCCc3ccccc3)c(=O)oc2c1)c1cccs1. The van der Waals surface area contributed by atoms with E-state index in [2.05, 4.69) is 5.32 Å². The zero-order valence-electron chi connectivity index (χ0n) is 15.8. The number of hydrogen-bond donors (Lipinski definition) is 1. The van der Waals surface area contributed by atoms with Crippen LogP contribution in [0.15, 0.2) is 81.3 Å². The minimum atomic E-state index is -0.749. The molecule has 6 nitrogen and oxygen atoms in total. The molecule has 0 fully saturated rings. The number of benzene rings is 2. The molecule has 7 heteroatoms. The van der Waals surface area contributed by atoms with Gasteiger partial charge >= 0.3 is 11.6 Å². The Morgan fingerprint density at radius 3 is 2.60 bits per heavy atom. The zero-order valence-corrected chi connectivity index (χ0v) is 16.6. The molecule has 0 aliphatic rings. The lowest BCUT2D eigenvalue weighted by Gasteiger charge is -2.07. The summed E-state index contributed by atoms with van der Waals surface area (Å²) in [5.74, 6) is -0.722. The fourth-order valence-corrected chi connectivity index (χ4v) is 3.52. The minimum absolute atomic E-state index is 0.0705. The van der Waals surface area contributed by atoms with E-state index in [1.165, 1.54) is 23.5 Å². The lowest BCUT2D eigenvalue weighted by Crippen LogP contribution is -2.29. The van der Waals surface area contributed by atoms with E-state index in [0.717, 1.165) is 5.56 Å². The van der Waals surface area contributed by atoms with E-state index in [0.29, 0.717) is 23.2 Å². The highest BCUT2D eigenvalue weighted by Gasteiger charge is 2.15. The maximum atomic E-state index is 12.4. The van der Waals surface area contributed by atoms with E-state index in [-0.39, 0.29) is 16.9 Å². The van der Waals surface area contributed by atoms with Gasteiger partial charge in [0.2, 0.25) is 0 Å². The third-order valence-corrected chi connectivity index (χ3v) is 5.28. The predicted molar refractivity (Wildman–Crippen MR) is 114 cm³/mol. The summed E-state index contributed by atoms with van der Waals surface area (Å²) < 4.78 is 10.6. The van der Waals surface area contributed by atoms with Gasteiger partial charge in [-0.15, -0.1) is 11.3 Å². The van der Waals surface area contributed by atoms with Crippen molar-refractivity contribution in [3.63, 3.8) is 0 Å². The molecule has 0 radical (unpaired) electrons. The van der Waals surface area contributed by atoms with Crippen LogP contribution in [-0.4, -0.2) is 18.4 Å². The lowest BCUT2D eigenvalue weighted by atomic mass is 10.1. The molecule has 2 heterocycles. The van der Waals surface area contributed by atoms with Gasteiger partial charge in [0, 0.05) is 18.0 Å². The first-order chi connectivity index (χ1) is 14.6. The molecule has 0 atom stereocenters. The normalized spacial score (nSPS) is 10.7. The van der Waals surface area contributed by atoms with Gasteiger partial charge in [0.15, 0.2) is 0 Å². The second kappa shape index (κ2) is 8.75. The molecule has 150 valence electrons. The van der Waals surface area contributed by atoms with Crippen molar-refractivity contribution < 1.29 is 18.7 Å². The molecule has 4 aromatic rings. The van der Waals surface area contributed by atoms with Crippen molar-refractivity contribution in [3.05, 3.63) is 98.5 Å². The Bertz CT molecular complexity index is 1250. The highest BCUT2D eigenvalue weighted by molar-refractivity contribution is 7.12. The number of amides is 1. The molecule has 0 aliphatic carbocycles. The van der Waals surface area contributed by atoms with Crippen LogP contribution in [0.5, 0.6) is 5.75 Å². The van der Waals surface area contributed by atoms with Crippen molar-refractivity contribution in [2.75, 3.05) is 6.54 Å². The Kier molecular flexibility index (Phi) is 5.72. The van der Waals surface area contributed by atoms with Crippen molar-refractivity contribution >= 4 is 34.2 Å². The molecule has 2 aromatic carbocycles. The highest BCUT2D eigenvalue weighted by Crippen LogP contribution is 2.22. The number of carbonyl (C=O) groups excluding carboxylic acids is 2. The number of nitrogens with one attached hydrogen (secondary N) is 1. The van der Waals surface area contributed by atoms with Gasteiger partial charge in [-0.1, -0.05) is 36.4 Å². The number of fused-ring (bicyclic) bond motifs is 1. The van der Waals surface area contributed by atoms with Crippen LogP contribution in [0.3, 0.4) is 0 Å². The molecular weight excluding hydrogens is 402 g/mol. The number of hydrogen-bond acceptors (Lipinski definition) is 6. The third kappa shape index (κ3) is 4.47. The fraction of sp³-hybridized carbons (Fsp3) is 0.0870. The molecule has 0 spiro atoms. The standard InChI is InChI=1S/C23H17NO5S/c25-21(24-11-10-15-5-2-1-3-6-15)18-13-16-8-9-17(14-19(16)29-22(18)26)28-23(27)20-7-4-12-30-20/h1-9,12-14H,10-11H2,(H,24,25). The van der Waals surface area contributed by atoms with E-state index in [1.807, 2.05) is 30.3 Å². The highest BCUT2D eigenvalue weighted by atomic mass is 32.1. The Balaban J connectivity index is 1.47. The van der Waals surface area contributed by atoms with Crippen LogP contribution >= 0.6 is 11.3 Å². The Morgan fingerprint density at radius 2 is 1.83 bits per heavy atom. The Morgan fingerprint density at radius 1 is 1.00 bits per heavy atom. The summed E-state index contributed by atoms with van der Waals surface area (Å²) in [6.07, 6.45) is 0.657. The summed E-state index contributed by atoms with van der Waals surface area (Å²) in [5, 5.41) is 5.07. The lowest BCUT2D eigenvalue weighted by molar-refractivity contribution is 0.0739. The molecule has 4 rings (SSSR count). The molecule has 0 saturated carbocycles. The quantitative estimate of drug-likeness (QED) is 0.290. The smallest absolute Gasteiger partial charge is 0.353 e. The van der Waals surface area contributed by atoms with Crippen LogP contribution < -0.4 is 15.7 Å². The van der Waals surface area contributed by atoms with Crippen LogP contribution in [0.4, 0.5) is 0 Å². The van der Waals surface area contributed by atoms with Gasteiger partial charge in [-0.05, 0) is 41.6 Å². The summed E-state index contributed by atoms with van der Waals surface area (Å²) in [4.78, 5) is 37.2.